The minimum atomic E-state index is -0.813. The van der Waals surface area contributed by atoms with Crippen molar-refractivity contribution >= 4 is 11.7 Å². The predicted molar refractivity (Wildman–Crippen MR) is 76.7 cm³/mol. The van der Waals surface area contributed by atoms with Gasteiger partial charge in [-0.05, 0) is 12.0 Å². The first-order valence-electron chi connectivity index (χ1n) is 6.45. The number of nitrogens with one attached hydrogen (secondary N) is 1. The van der Waals surface area contributed by atoms with E-state index in [1.807, 2.05) is 13.0 Å². The van der Waals surface area contributed by atoms with Crippen molar-refractivity contribution in [3.63, 3.8) is 0 Å². The molecule has 0 bridgehead atoms. The van der Waals surface area contributed by atoms with Crippen LogP contribution in [0.3, 0.4) is 0 Å². The summed E-state index contributed by atoms with van der Waals surface area (Å²) in [4.78, 5) is 12.3. The maximum atomic E-state index is 12.3. The van der Waals surface area contributed by atoms with Crippen molar-refractivity contribution in [1.82, 2.24) is 5.32 Å². The molecule has 20 heavy (non-hydrogen) atoms. The Morgan fingerprint density at radius 2 is 2.10 bits per heavy atom. The second-order valence-electron chi connectivity index (χ2n) is 4.44. The molecule has 4 N–H and O–H groups in total. The summed E-state index contributed by atoms with van der Waals surface area (Å²) in [5.41, 5.74) is 6.32. The lowest BCUT2D eigenvalue weighted by Crippen LogP contribution is -2.43. The van der Waals surface area contributed by atoms with Crippen LogP contribution >= 0.6 is 0 Å². The number of methoxy groups -OCH3 is 1. The van der Waals surface area contributed by atoms with Gasteiger partial charge in [0.1, 0.15) is 5.92 Å². The van der Waals surface area contributed by atoms with Crippen molar-refractivity contribution in [3.05, 3.63) is 35.9 Å². The molecule has 0 aliphatic rings. The second-order valence-corrected chi connectivity index (χ2v) is 4.44. The lowest BCUT2D eigenvalue weighted by Gasteiger charge is -2.21. The van der Waals surface area contributed by atoms with E-state index in [9.17, 15) is 4.79 Å². The summed E-state index contributed by atoms with van der Waals surface area (Å²) in [5, 5.41) is 14.7. The third-order valence-corrected chi connectivity index (χ3v) is 3.01. The second kappa shape index (κ2) is 8.16. The highest BCUT2D eigenvalue weighted by atomic mass is 16.5. The van der Waals surface area contributed by atoms with E-state index in [4.69, 9.17) is 15.7 Å². The number of rotatable bonds is 7. The molecule has 0 aliphatic heterocycles. The predicted octanol–water partition coefficient (Wildman–Crippen LogP) is 1.06. The number of nitrogens with zero attached hydrogens (tertiary/aromatic N) is 1. The van der Waals surface area contributed by atoms with Crippen LogP contribution in [-0.2, 0) is 9.53 Å². The monoisotopic (exact) mass is 279 g/mol. The third kappa shape index (κ3) is 4.24. The Hall–Kier alpha value is -2.08. The SMILES string of the molecule is CCC(COC)NC(=O)C(C(N)=NO)c1ccccc1. The maximum absolute atomic E-state index is 12.3. The van der Waals surface area contributed by atoms with E-state index in [0.717, 1.165) is 6.42 Å². The van der Waals surface area contributed by atoms with Gasteiger partial charge in [-0.25, -0.2) is 0 Å². The molecule has 0 radical (unpaired) electrons. The molecule has 0 spiro atoms. The zero-order valence-electron chi connectivity index (χ0n) is 11.7. The molecule has 0 heterocycles. The molecule has 1 aromatic carbocycles. The molecule has 2 atom stereocenters. The standard InChI is InChI=1S/C14H21N3O3/c1-3-11(9-20-2)16-14(18)12(13(15)17-19)10-7-5-4-6-8-10/h4-8,11-12,19H,3,9H2,1-2H3,(H2,15,17)(H,16,18). The summed E-state index contributed by atoms with van der Waals surface area (Å²) >= 11 is 0. The summed E-state index contributed by atoms with van der Waals surface area (Å²) in [7, 11) is 1.58. The quantitative estimate of drug-likeness (QED) is 0.301. The van der Waals surface area contributed by atoms with Crippen molar-refractivity contribution in [2.24, 2.45) is 10.9 Å². The van der Waals surface area contributed by atoms with Crippen LogP contribution < -0.4 is 11.1 Å². The number of amides is 1. The zero-order valence-corrected chi connectivity index (χ0v) is 11.7. The topological polar surface area (TPSA) is 96.9 Å². The van der Waals surface area contributed by atoms with Crippen molar-refractivity contribution in [1.29, 1.82) is 0 Å². The highest BCUT2D eigenvalue weighted by Gasteiger charge is 2.26. The van der Waals surface area contributed by atoms with Crippen molar-refractivity contribution in [3.8, 4) is 0 Å². The zero-order chi connectivity index (χ0) is 15.0. The van der Waals surface area contributed by atoms with Gasteiger partial charge in [0.15, 0.2) is 5.84 Å². The highest BCUT2D eigenvalue weighted by molar-refractivity contribution is 6.07. The van der Waals surface area contributed by atoms with Crippen LogP contribution in [0.25, 0.3) is 0 Å². The van der Waals surface area contributed by atoms with Crippen LogP contribution in [-0.4, -0.2) is 36.7 Å². The summed E-state index contributed by atoms with van der Waals surface area (Å²) in [6, 6.07) is 8.86. The fraction of sp³-hybridized carbons (Fsp3) is 0.429. The number of amidine groups is 1. The Bertz CT molecular complexity index is 448. The molecular formula is C14H21N3O3. The van der Waals surface area contributed by atoms with Crippen LogP contribution in [0.5, 0.6) is 0 Å². The Balaban J connectivity index is 2.92. The van der Waals surface area contributed by atoms with Gasteiger partial charge in [0.2, 0.25) is 5.91 Å². The van der Waals surface area contributed by atoms with Gasteiger partial charge in [-0.1, -0.05) is 42.4 Å². The van der Waals surface area contributed by atoms with Crippen LogP contribution in [0.4, 0.5) is 0 Å². The normalized spacial score (nSPS) is 14.6. The number of hydrogen-bond donors (Lipinski definition) is 3. The fourth-order valence-corrected chi connectivity index (χ4v) is 1.91. The van der Waals surface area contributed by atoms with E-state index in [0.29, 0.717) is 12.2 Å². The van der Waals surface area contributed by atoms with Gasteiger partial charge >= 0.3 is 0 Å². The Morgan fingerprint density at radius 3 is 2.60 bits per heavy atom. The van der Waals surface area contributed by atoms with E-state index >= 15 is 0 Å². The largest absolute Gasteiger partial charge is 0.409 e. The molecule has 6 nitrogen and oxygen atoms in total. The molecule has 2 unspecified atom stereocenters. The van der Waals surface area contributed by atoms with Crippen LogP contribution in [0.15, 0.2) is 35.5 Å². The molecule has 1 rings (SSSR count). The number of nitrogens with two attached hydrogens (primary N) is 1. The average Bonchev–Trinajstić information content (AvgIpc) is 2.47. The summed E-state index contributed by atoms with van der Waals surface area (Å²) in [6.45, 7) is 2.37. The van der Waals surface area contributed by atoms with E-state index in [2.05, 4.69) is 10.5 Å². The summed E-state index contributed by atoms with van der Waals surface area (Å²) in [5.74, 6) is -1.26. The fourth-order valence-electron chi connectivity index (χ4n) is 1.91. The first-order valence-corrected chi connectivity index (χ1v) is 6.45. The molecule has 0 fully saturated rings. The summed E-state index contributed by atoms with van der Waals surface area (Å²) in [6.07, 6.45) is 0.733. The number of oxime groups is 1. The molecule has 110 valence electrons. The van der Waals surface area contributed by atoms with Crippen molar-refractivity contribution in [2.45, 2.75) is 25.3 Å². The highest BCUT2D eigenvalue weighted by Crippen LogP contribution is 2.16. The van der Waals surface area contributed by atoms with Gasteiger partial charge in [-0.3, -0.25) is 4.79 Å². The van der Waals surface area contributed by atoms with E-state index in [-0.39, 0.29) is 17.8 Å². The molecule has 6 heteroatoms. The Labute approximate surface area is 118 Å². The van der Waals surface area contributed by atoms with Gasteiger partial charge in [0.05, 0.1) is 12.6 Å². The minimum absolute atomic E-state index is 0.106. The lowest BCUT2D eigenvalue weighted by atomic mass is 9.96. The molecule has 0 aromatic heterocycles. The lowest BCUT2D eigenvalue weighted by molar-refractivity contribution is -0.122. The molecule has 0 saturated heterocycles. The Kier molecular flexibility index (Phi) is 6.52. The number of benzene rings is 1. The van der Waals surface area contributed by atoms with Gasteiger partial charge in [-0.2, -0.15) is 0 Å². The van der Waals surface area contributed by atoms with Gasteiger partial charge in [0, 0.05) is 7.11 Å². The summed E-state index contributed by atoms with van der Waals surface area (Å²) < 4.78 is 5.04. The van der Waals surface area contributed by atoms with E-state index in [1.165, 1.54) is 0 Å². The van der Waals surface area contributed by atoms with Crippen molar-refractivity contribution < 1.29 is 14.7 Å². The molecule has 1 aromatic rings. The number of ether oxygens (including phenoxy) is 1. The van der Waals surface area contributed by atoms with Gasteiger partial charge in [0.25, 0.3) is 0 Å². The Morgan fingerprint density at radius 1 is 1.45 bits per heavy atom. The first-order chi connectivity index (χ1) is 9.63. The molecule has 0 saturated carbocycles. The van der Waals surface area contributed by atoms with Gasteiger partial charge in [-0.15, -0.1) is 0 Å². The van der Waals surface area contributed by atoms with Crippen molar-refractivity contribution in [2.75, 3.05) is 13.7 Å². The van der Waals surface area contributed by atoms with Gasteiger partial charge < -0.3 is 21.0 Å². The number of carbonyl (C=O) groups is 1. The van der Waals surface area contributed by atoms with Crippen LogP contribution in [0.2, 0.25) is 0 Å². The molecule has 1 amide bonds. The first kappa shape index (κ1) is 16.0. The minimum Gasteiger partial charge on any atom is -0.409 e. The maximum Gasteiger partial charge on any atom is 0.235 e. The number of hydrogen-bond acceptors (Lipinski definition) is 4. The molecule has 0 aliphatic carbocycles. The van der Waals surface area contributed by atoms with E-state index < -0.39 is 5.92 Å². The average molecular weight is 279 g/mol. The van der Waals surface area contributed by atoms with Crippen LogP contribution in [0.1, 0.15) is 24.8 Å². The third-order valence-electron chi connectivity index (χ3n) is 3.01. The smallest absolute Gasteiger partial charge is 0.235 e. The number of carbonyl (C=O) groups excluding carboxylic acids is 1. The van der Waals surface area contributed by atoms with Crippen LogP contribution in [0, 0.1) is 0 Å². The molecular weight excluding hydrogens is 258 g/mol. The van der Waals surface area contributed by atoms with E-state index in [1.54, 1.807) is 31.4 Å².